The summed E-state index contributed by atoms with van der Waals surface area (Å²) in [4.78, 5) is 10.5. The molecule has 0 fully saturated rings. The summed E-state index contributed by atoms with van der Waals surface area (Å²) in [6.45, 7) is 0.449. The zero-order chi connectivity index (χ0) is 9.68. The van der Waals surface area contributed by atoms with Crippen LogP contribution in [0.15, 0.2) is 18.2 Å². The van der Waals surface area contributed by atoms with Crippen molar-refractivity contribution in [3.05, 3.63) is 29.3 Å². The summed E-state index contributed by atoms with van der Waals surface area (Å²) in [6.07, 6.45) is 0.804. The lowest BCUT2D eigenvalue weighted by molar-refractivity contribution is 0.112. The third-order valence-electron chi connectivity index (χ3n) is 1.74. The van der Waals surface area contributed by atoms with E-state index in [4.69, 9.17) is 9.47 Å². The molecule has 1 aromatic carbocycles. The van der Waals surface area contributed by atoms with E-state index in [0.717, 1.165) is 17.6 Å². The number of hydrogen-bond donors (Lipinski definition) is 0. The van der Waals surface area contributed by atoms with Gasteiger partial charge in [0.05, 0.1) is 13.7 Å². The van der Waals surface area contributed by atoms with Crippen LogP contribution in [-0.2, 0) is 11.3 Å². The Morgan fingerprint density at radius 1 is 1.38 bits per heavy atom. The molecule has 13 heavy (non-hydrogen) atoms. The highest BCUT2D eigenvalue weighted by Crippen LogP contribution is 2.19. The van der Waals surface area contributed by atoms with E-state index in [2.05, 4.69) is 0 Å². The van der Waals surface area contributed by atoms with Gasteiger partial charge in [-0.3, -0.25) is 4.79 Å². The number of carbonyl (C=O) groups excluding carboxylic acids is 1. The first kappa shape index (κ1) is 9.74. The highest BCUT2D eigenvalue weighted by Gasteiger charge is 2.02. The van der Waals surface area contributed by atoms with Crippen molar-refractivity contribution in [2.75, 3.05) is 14.2 Å². The number of methoxy groups -OCH3 is 2. The molecule has 0 bridgehead atoms. The van der Waals surface area contributed by atoms with Crippen LogP contribution in [0.1, 0.15) is 15.9 Å². The lowest BCUT2D eigenvalue weighted by Crippen LogP contribution is -1.95. The zero-order valence-electron chi connectivity index (χ0n) is 7.74. The van der Waals surface area contributed by atoms with Gasteiger partial charge < -0.3 is 9.47 Å². The van der Waals surface area contributed by atoms with Crippen LogP contribution in [0, 0.1) is 0 Å². The number of hydrogen-bond acceptors (Lipinski definition) is 3. The van der Waals surface area contributed by atoms with Crippen LogP contribution < -0.4 is 4.74 Å². The Morgan fingerprint density at radius 3 is 2.69 bits per heavy atom. The van der Waals surface area contributed by atoms with Gasteiger partial charge in [0.25, 0.3) is 0 Å². The van der Waals surface area contributed by atoms with E-state index >= 15 is 0 Å². The minimum atomic E-state index is 0.449. The maximum Gasteiger partial charge on any atom is 0.150 e. The SMILES string of the molecule is COCc1cc(C=O)ccc1OC. The van der Waals surface area contributed by atoms with Gasteiger partial charge in [-0.2, -0.15) is 0 Å². The molecule has 0 spiro atoms. The summed E-state index contributed by atoms with van der Waals surface area (Å²) in [7, 11) is 3.20. The fourth-order valence-electron chi connectivity index (χ4n) is 1.14. The average molecular weight is 180 g/mol. The van der Waals surface area contributed by atoms with Gasteiger partial charge in [-0.25, -0.2) is 0 Å². The summed E-state index contributed by atoms with van der Waals surface area (Å²) in [5.74, 6) is 0.743. The molecule has 70 valence electrons. The third-order valence-corrected chi connectivity index (χ3v) is 1.74. The van der Waals surface area contributed by atoms with Gasteiger partial charge in [-0.1, -0.05) is 0 Å². The van der Waals surface area contributed by atoms with Crippen LogP contribution in [0.2, 0.25) is 0 Å². The molecule has 1 rings (SSSR count). The molecular weight excluding hydrogens is 168 g/mol. The van der Waals surface area contributed by atoms with E-state index in [1.807, 2.05) is 0 Å². The Hall–Kier alpha value is -1.35. The monoisotopic (exact) mass is 180 g/mol. The first-order valence-electron chi connectivity index (χ1n) is 3.93. The van der Waals surface area contributed by atoms with Crippen molar-refractivity contribution in [3.8, 4) is 5.75 Å². The molecule has 0 unspecified atom stereocenters. The molecule has 0 saturated heterocycles. The molecule has 0 aliphatic heterocycles. The van der Waals surface area contributed by atoms with Gasteiger partial charge in [0.2, 0.25) is 0 Å². The molecule has 0 aliphatic rings. The Labute approximate surface area is 77.3 Å². The van der Waals surface area contributed by atoms with Crippen LogP contribution in [0.5, 0.6) is 5.75 Å². The number of ether oxygens (including phenoxy) is 2. The Balaban J connectivity index is 3.02. The molecule has 0 atom stereocenters. The highest BCUT2D eigenvalue weighted by atomic mass is 16.5. The average Bonchev–Trinajstić information content (AvgIpc) is 2.18. The van der Waals surface area contributed by atoms with Gasteiger partial charge in [0, 0.05) is 18.2 Å². The van der Waals surface area contributed by atoms with Crippen molar-refractivity contribution in [3.63, 3.8) is 0 Å². The topological polar surface area (TPSA) is 35.5 Å². The minimum Gasteiger partial charge on any atom is -0.496 e. The summed E-state index contributed by atoms with van der Waals surface area (Å²) in [5.41, 5.74) is 1.52. The van der Waals surface area contributed by atoms with Gasteiger partial charge in [0.1, 0.15) is 12.0 Å². The molecule has 0 heterocycles. The Kier molecular flexibility index (Phi) is 3.46. The Morgan fingerprint density at radius 2 is 2.15 bits per heavy atom. The number of carbonyl (C=O) groups is 1. The summed E-state index contributed by atoms with van der Waals surface area (Å²) in [5, 5.41) is 0. The van der Waals surface area contributed by atoms with E-state index in [1.165, 1.54) is 0 Å². The van der Waals surface area contributed by atoms with E-state index in [1.54, 1.807) is 32.4 Å². The van der Waals surface area contributed by atoms with E-state index < -0.39 is 0 Å². The summed E-state index contributed by atoms with van der Waals surface area (Å²) in [6, 6.07) is 5.23. The molecule has 3 nitrogen and oxygen atoms in total. The molecule has 0 N–H and O–H groups in total. The van der Waals surface area contributed by atoms with E-state index in [0.29, 0.717) is 12.2 Å². The number of rotatable bonds is 4. The second-order valence-corrected chi connectivity index (χ2v) is 2.62. The van der Waals surface area contributed by atoms with Crippen molar-refractivity contribution in [1.29, 1.82) is 0 Å². The van der Waals surface area contributed by atoms with Gasteiger partial charge in [-0.15, -0.1) is 0 Å². The molecule has 0 radical (unpaired) electrons. The predicted octanol–water partition coefficient (Wildman–Crippen LogP) is 1.65. The summed E-state index contributed by atoms with van der Waals surface area (Å²) >= 11 is 0. The molecule has 0 amide bonds. The first-order valence-corrected chi connectivity index (χ1v) is 3.93. The molecule has 0 saturated carbocycles. The van der Waals surface area contributed by atoms with E-state index in [9.17, 15) is 4.79 Å². The molecule has 1 aromatic rings. The number of aldehydes is 1. The van der Waals surface area contributed by atoms with Gasteiger partial charge in [-0.05, 0) is 18.2 Å². The van der Waals surface area contributed by atoms with E-state index in [-0.39, 0.29) is 0 Å². The van der Waals surface area contributed by atoms with Gasteiger partial charge in [0.15, 0.2) is 0 Å². The molecule has 0 aromatic heterocycles. The fraction of sp³-hybridized carbons (Fsp3) is 0.300. The largest absolute Gasteiger partial charge is 0.496 e. The highest BCUT2D eigenvalue weighted by molar-refractivity contribution is 5.75. The third kappa shape index (κ3) is 2.29. The maximum absolute atomic E-state index is 10.5. The van der Waals surface area contributed by atoms with Crippen LogP contribution in [0.3, 0.4) is 0 Å². The maximum atomic E-state index is 10.5. The molecular formula is C10H12O3. The fourth-order valence-corrected chi connectivity index (χ4v) is 1.14. The second kappa shape index (κ2) is 4.62. The predicted molar refractivity (Wildman–Crippen MR) is 49.1 cm³/mol. The smallest absolute Gasteiger partial charge is 0.150 e. The van der Waals surface area contributed by atoms with Crippen LogP contribution in [-0.4, -0.2) is 20.5 Å². The second-order valence-electron chi connectivity index (χ2n) is 2.62. The normalized spacial score (nSPS) is 9.69. The minimum absolute atomic E-state index is 0.449. The van der Waals surface area contributed by atoms with Crippen LogP contribution >= 0.6 is 0 Å². The van der Waals surface area contributed by atoms with Crippen molar-refractivity contribution >= 4 is 6.29 Å². The van der Waals surface area contributed by atoms with Crippen molar-refractivity contribution in [2.45, 2.75) is 6.61 Å². The van der Waals surface area contributed by atoms with Crippen molar-refractivity contribution in [1.82, 2.24) is 0 Å². The molecule has 0 aliphatic carbocycles. The lowest BCUT2D eigenvalue weighted by atomic mass is 10.1. The van der Waals surface area contributed by atoms with Crippen molar-refractivity contribution in [2.24, 2.45) is 0 Å². The zero-order valence-corrected chi connectivity index (χ0v) is 7.74. The van der Waals surface area contributed by atoms with Crippen molar-refractivity contribution < 1.29 is 14.3 Å². The lowest BCUT2D eigenvalue weighted by Gasteiger charge is -2.07. The Bertz CT molecular complexity index is 294. The van der Waals surface area contributed by atoms with Crippen LogP contribution in [0.25, 0.3) is 0 Å². The standard InChI is InChI=1S/C10H12O3/c1-12-7-9-5-8(6-11)3-4-10(9)13-2/h3-6H,7H2,1-2H3. The quantitative estimate of drug-likeness (QED) is 0.661. The number of benzene rings is 1. The van der Waals surface area contributed by atoms with Crippen LogP contribution in [0.4, 0.5) is 0 Å². The molecule has 3 heteroatoms. The van der Waals surface area contributed by atoms with Gasteiger partial charge >= 0.3 is 0 Å². The summed E-state index contributed by atoms with van der Waals surface area (Å²) < 4.78 is 10.1. The first-order chi connectivity index (χ1) is 6.31.